The average molecular weight is 288 g/mol. The first kappa shape index (κ1) is 12.3. The van der Waals surface area contributed by atoms with Crippen molar-refractivity contribution in [3.8, 4) is 0 Å². The molecule has 0 aliphatic carbocycles. The Hall–Kier alpha value is -1.72. The van der Waals surface area contributed by atoms with Gasteiger partial charge in [-0.3, -0.25) is 9.36 Å². The van der Waals surface area contributed by atoms with Crippen molar-refractivity contribution in [1.82, 2.24) is 9.55 Å². The number of rotatable bonds is 2. The van der Waals surface area contributed by atoms with Gasteiger partial charge in [0.2, 0.25) is 0 Å². The van der Waals surface area contributed by atoms with Crippen LogP contribution in [0, 0.1) is 11.7 Å². The second kappa shape index (κ2) is 4.75. The summed E-state index contributed by atoms with van der Waals surface area (Å²) in [5.41, 5.74) is 3.08. The number of hydrogen-bond donors (Lipinski definition) is 1. The number of benzene rings is 1. The second-order valence-electron chi connectivity index (χ2n) is 4.47. The van der Waals surface area contributed by atoms with Gasteiger partial charge >= 0.3 is 0 Å². The third-order valence-corrected chi connectivity index (χ3v) is 4.28. The van der Waals surface area contributed by atoms with Gasteiger partial charge < -0.3 is 4.98 Å². The smallest absolute Gasteiger partial charge is 0.272 e. The normalized spacial score (nSPS) is 11.0. The molecular weight excluding hydrogens is 276 g/mol. The molecule has 1 N–H and O–H groups in total. The molecule has 96 valence electrons. The Morgan fingerprint density at radius 2 is 2.00 bits per heavy atom. The van der Waals surface area contributed by atoms with Crippen molar-refractivity contribution >= 4 is 33.8 Å². The first-order valence-corrected chi connectivity index (χ1v) is 7.20. The van der Waals surface area contributed by atoms with Crippen LogP contribution in [0.15, 0.2) is 40.5 Å². The summed E-state index contributed by atoms with van der Waals surface area (Å²) in [5, 5.41) is 1.90. The van der Waals surface area contributed by atoms with E-state index in [0.717, 1.165) is 15.8 Å². The van der Waals surface area contributed by atoms with Gasteiger partial charge in [0, 0.05) is 0 Å². The fourth-order valence-electron chi connectivity index (χ4n) is 1.99. The number of fused-ring (bicyclic) bond motifs is 1. The van der Waals surface area contributed by atoms with E-state index in [0.29, 0.717) is 11.3 Å². The quantitative estimate of drug-likeness (QED) is 0.733. The van der Waals surface area contributed by atoms with Crippen LogP contribution in [0.4, 0.5) is 0 Å². The molecule has 0 unspecified atom stereocenters. The predicted molar refractivity (Wildman–Crippen MR) is 81.6 cm³/mol. The summed E-state index contributed by atoms with van der Waals surface area (Å²) < 4.78 is 2.80. The van der Waals surface area contributed by atoms with Crippen molar-refractivity contribution in [3.63, 3.8) is 0 Å². The molecular formula is C14H12N2OS2. The van der Waals surface area contributed by atoms with E-state index in [2.05, 4.69) is 4.98 Å². The number of nitrogens with one attached hydrogen (secondary N) is 1. The molecule has 2 heterocycles. The van der Waals surface area contributed by atoms with Crippen LogP contribution in [0.25, 0.3) is 10.2 Å². The highest BCUT2D eigenvalue weighted by Gasteiger charge is 2.07. The van der Waals surface area contributed by atoms with Crippen LogP contribution >= 0.6 is 23.6 Å². The molecule has 2 aromatic heterocycles. The Kier molecular flexibility index (Phi) is 3.08. The van der Waals surface area contributed by atoms with Gasteiger partial charge in [-0.25, -0.2) is 0 Å². The van der Waals surface area contributed by atoms with Crippen molar-refractivity contribution < 1.29 is 0 Å². The lowest BCUT2D eigenvalue weighted by Gasteiger charge is -2.06. The van der Waals surface area contributed by atoms with Crippen molar-refractivity contribution in [2.24, 2.45) is 0 Å². The van der Waals surface area contributed by atoms with E-state index in [9.17, 15) is 4.79 Å². The molecule has 0 bridgehead atoms. The lowest BCUT2D eigenvalue weighted by molar-refractivity contribution is 0.735. The zero-order valence-electron chi connectivity index (χ0n) is 10.3. The summed E-state index contributed by atoms with van der Waals surface area (Å²) >= 11 is 6.71. The number of H-pyrrole nitrogens is 1. The number of hydrogen-bond acceptors (Lipinski definition) is 3. The summed E-state index contributed by atoms with van der Waals surface area (Å²) in [5.74, 6) is 0. The molecule has 0 saturated carbocycles. The SMILES string of the molecule is Cc1ccc(Cn2c(=S)[nH]c3ccsc3c2=O)cc1. The first-order valence-electron chi connectivity index (χ1n) is 5.91. The Bertz CT molecular complexity index is 840. The third-order valence-electron chi connectivity index (χ3n) is 3.05. The third kappa shape index (κ3) is 2.27. The van der Waals surface area contributed by atoms with Crippen LogP contribution in [-0.2, 0) is 6.54 Å². The molecule has 0 saturated heterocycles. The van der Waals surface area contributed by atoms with Gasteiger partial charge in [0.25, 0.3) is 5.56 Å². The van der Waals surface area contributed by atoms with Crippen molar-refractivity contribution in [2.75, 3.05) is 0 Å². The molecule has 3 nitrogen and oxygen atoms in total. The molecule has 3 aromatic rings. The van der Waals surface area contributed by atoms with Gasteiger partial charge in [0.15, 0.2) is 4.77 Å². The first-order chi connectivity index (χ1) is 9.15. The van der Waals surface area contributed by atoms with Crippen LogP contribution in [0.2, 0.25) is 0 Å². The minimum atomic E-state index is -0.0191. The monoisotopic (exact) mass is 288 g/mol. The van der Waals surface area contributed by atoms with Gasteiger partial charge in [-0.1, -0.05) is 29.8 Å². The van der Waals surface area contributed by atoms with Gasteiger partial charge in [0.1, 0.15) is 4.70 Å². The maximum absolute atomic E-state index is 12.4. The summed E-state index contributed by atoms with van der Waals surface area (Å²) in [6.45, 7) is 2.54. The zero-order chi connectivity index (χ0) is 13.4. The van der Waals surface area contributed by atoms with E-state index in [-0.39, 0.29) is 5.56 Å². The van der Waals surface area contributed by atoms with Crippen molar-refractivity contribution in [3.05, 3.63) is 62.0 Å². The molecule has 1 aromatic carbocycles. The molecule has 19 heavy (non-hydrogen) atoms. The second-order valence-corrected chi connectivity index (χ2v) is 5.77. The van der Waals surface area contributed by atoms with E-state index >= 15 is 0 Å². The Morgan fingerprint density at radius 1 is 1.26 bits per heavy atom. The summed E-state index contributed by atoms with van der Waals surface area (Å²) in [4.78, 5) is 15.5. The zero-order valence-corrected chi connectivity index (χ0v) is 12.0. The molecule has 0 atom stereocenters. The Labute approximate surface area is 119 Å². The molecule has 5 heteroatoms. The van der Waals surface area contributed by atoms with Gasteiger partial charge in [-0.05, 0) is 36.2 Å². The maximum Gasteiger partial charge on any atom is 0.272 e. The molecule has 0 aliphatic rings. The number of aromatic amines is 1. The number of thiophene rings is 1. The number of aryl methyl sites for hydroxylation is 1. The molecule has 0 spiro atoms. The minimum absolute atomic E-state index is 0.0191. The standard InChI is InChI=1S/C14H12N2OS2/c1-9-2-4-10(5-3-9)8-16-13(17)12-11(6-7-19-12)15-14(16)18/h2-7H,8H2,1H3,(H,15,18). The number of aromatic nitrogens is 2. The molecule has 0 fully saturated rings. The van der Waals surface area contributed by atoms with Gasteiger partial charge in [-0.2, -0.15) is 0 Å². The Morgan fingerprint density at radius 3 is 2.74 bits per heavy atom. The largest absolute Gasteiger partial charge is 0.331 e. The van der Waals surface area contributed by atoms with Crippen LogP contribution in [0.1, 0.15) is 11.1 Å². The lowest BCUT2D eigenvalue weighted by atomic mass is 10.1. The van der Waals surface area contributed by atoms with Crippen molar-refractivity contribution in [2.45, 2.75) is 13.5 Å². The van der Waals surface area contributed by atoms with E-state index in [1.807, 2.05) is 42.6 Å². The fourth-order valence-corrected chi connectivity index (χ4v) is 3.05. The van der Waals surface area contributed by atoms with E-state index in [1.54, 1.807) is 4.57 Å². The fraction of sp³-hybridized carbons (Fsp3) is 0.143. The summed E-state index contributed by atoms with van der Waals surface area (Å²) in [6.07, 6.45) is 0. The summed E-state index contributed by atoms with van der Waals surface area (Å²) in [7, 11) is 0. The highest BCUT2D eigenvalue weighted by molar-refractivity contribution is 7.71. The summed E-state index contributed by atoms with van der Waals surface area (Å²) in [6, 6.07) is 10.0. The van der Waals surface area contributed by atoms with E-state index in [4.69, 9.17) is 12.2 Å². The Balaban J connectivity index is 2.12. The highest BCUT2D eigenvalue weighted by atomic mass is 32.1. The van der Waals surface area contributed by atoms with Gasteiger partial charge in [-0.15, -0.1) is 11.3 Å². The van der Waals surface area contributed by atoms with Crippen LogP contribution in [0.3, 0.4) is 0 Å². The maximum atomic E-state index is 12.4. The van der Waals surface area contributed by atoms with E-state index in [1.165, 1.54) is 16.9 Å². The molecule has 0 aliphatic heterocycles. The molecule has 3 rings (SSSR count). The van der Waals surface area contributed by atoms with E-state index < -0.39 is 0 Å². The van der Waals surface area contributed by atoms with Crippen LogP contribution < -0.4 is 5.56 Å². The number of nitrogens with zero attached hydrogens (tertiary/aromatic N) is 1. The molecule has 0 amide bonds. The lowest BCUT2D eigenvalue weighted by Crippen LogP contribution is -2.21. The average Bonchev–Trinajstić information content (AvgIpc) is 2.85. The van der Waals surface area contributed by atoms with Crippen LogP contribution in [0.5, 0.6) is 0 Å². The van der Waals surface area contributed by atoms with Gasteiger partial charge in [0.05, 0.1) is 12.1 Å². The topological polar surface area (TPSA) is 37.8 Å². The van der Waals surface area contributed by atoms with Crippen LogP contribution in [-0.4, -0.2) is 9.55 Å². The highest BCUT2D eigenvalue weighted by Crippen LogP contribution is 2.14. The van der Waals surface area contributed by atoms with Crippen molar-refractivity contribution in [1.29, 1.82) is 0 Å². The molecule has 0 radical (unpaired) electrons. The minimum Gasteiger partial charge on any atom is -0.331 e. The predicted octanol–water partition coefficient (Wildman–Crippen LogP) is 3.48.